The molecule has 2 heterocycles. The predicted molar refractivity (Wildman–Crippen MR) is 86.9 cm³/mol. The van der Waals surface area contributed by atoms with Gasteiger partial charge in [0.05, 0.1) is 7.11 Å². The van der Waals surface area contributed by atoms with Gasteiger partial charge in [0.1, 0.15) is 5.54 Å². The van der Waals surface area contributed by atoms with Gasteiger partial charge in [0.25, 0.3) is 0 Å². The smallest absolute Gasteiger partial charge is 0.326 e. The van der Waals surface area contributed by atoms with E-state index < -0.39 is 8.32 Å². The maximum absolute atomic E-state index is 12.2. The molecule has 5 heteroatoms. The van der Waals surface area contributed by atoms with Gasteiger partial charge in [0, 0.05) is 12.6 Å². The van der Waals surface area contributed by atoms with Crippen LogP contribution in [0.15, 0.2) is 0 Å². The molecule has 0 aromatic rings. The molecule has 2 aliphatic heterocycles. The van der Waals surface area contributed by atoms with Gasteiger partial charge >= 0.3 is 5.97 Å². The average molecular weight is 314 g/mol. The minimum absolute atomic E-state index is 0.0465. The van der Waals surface area contributed by atoms with E-state index in [2.05, 4.69) is 38.8 Å². The highest BCUT2D eigenvalue weighted by Crippen LogP contribution is 2.44. The van der Waals surface area contributed by atoms with Crippen LogP contribution in [0.5, 0.6) is 0 Å². The van der Waals surface area contributed by atoms with Crippen molar-refractivity contribution in [2.45, 2.75) is 76.2 Å². The molecule has 0 bridgehead atoms. The zero-order valence-corrected chi connectivity index (χ0v) is 15.5. The summed E-state index contributed by atoms with van der Waals surface area (Å²) in [7, 11) is -0.212. The zero-order chi connectivity index (χ0) is 15.9. The molecular weight excluding hydrogens is 282 g/mol. The van der Waals surface area contributed by atoms with Crippen LogP contribution in [0, 0.1) is 0 Å². The second kappa shape index (κ2) is 5.67. The van der Waals surface area contributed by atoms with Crippen molar-refractivity contribution in [3.63, 3.8) is 0 Å². The van der Waals surface area contributed by atoms with E-state index in [1.54, 1.807) is 0 Å². The molecule has 2 fully saturated rings. The average Bonchev–Trinajstić information content (AvgIpc) is 2.93. The van der Waals surface area contributed by atoms with Crippen LogP contribution in [0.3, 0.4) is 0 Å². The van der Waals surface area contributed by atoms with Crippen LogP contribution < -0.4 is 0 Å². The number of methoxy groups -OCH3 is 1. The Kier molecular flexibility index (Phi) is 4.58. The summed E-state index contributed by atoms with van der Waals surface area (Å²) in [5.74, 6) is -0.0465. The second-order valence-corrected chi connectivity index (χ2v) is 12.9. The molecule has 0 N–H and O–H groups in total. The monoisotopic (exact) mass is 313 g/mol. The molecule has 0 saturated carbocycles. The normalized spacial score (nSPS) is 30.5. The lowest BCUT2D eigenvalue weighted by Gasteiger charge is -2.38. The van der Waals surface area contributed by atoms with Crippen molar-refractivity contribution in [1.82, 2.24) is 4.90 Å². The summed E-state index contributed by atoms with van der Waals surface area (Å²) in [6.07, 6.45) is 4.00. The Bertz CT molecular complexity index is 405. The topological polar surface area (TPSA) is 38.8 Å². The van der Waals surface area contributed by atoms with Crippen LogP contribution in [0.2, 0.25) is 18.1 Å². The highest BCUT2D eigenvalue weighted by atomic mass is 28.4. The predicted octanol–water partition coefficient (Wildman–Crippen LogP) is 3.18. The van der Waals surface area contributed by atoms with Crippen LogP contribution in [0.4, 0.5) is 0 Å². The van der Waals surface area contributed by atoms with E-state index in [4.69, 9.17) is 9.16 Å². The van der Waals surface area contributed by atoms with Gasteiger partial charge in [-0.2, -0.15) is 0 Å². The Morgan fingerprint density at radius 1 is 1.33 bits per heavy atom. The minimum Gasteiger partial charge on any atom is -0.468 e. The van der Waals surface area contributed by atoms with Gasteiger partial charge in [-0.15, -0.1) is 0 Å². The van der Waals surface area contributed by atoms with Crippen molar-refractivity contribution in [2.24, 2.45) is 0 Å². The molecule has 0 amide bonds. The third kappa shape index (κ3) is 2.92. The summed E-state index contributed by atoms with van der Waals surface area (Å²) in [6, 6.07) is 0.376. The standard InChI is InChI=1S/C16H31NO3Si/c1-15(2,3)21(5,6)20-12-13-8-10-16(14(18)19-4)9-7-11-17(13)16/h13H,7-12H2,1-6H3. The Hall–Kier alpha value is -0.393. The van der Waals surface area contributed by atoms with Gasteiger partial charge < -0.3 is 9.16 Å². The van der Waals surface area contributed by atoms with Gasteiger partial charge in [-0.25, -0.2) is 0 Å². The summed E-state index contributed by atoms with van der Waals surface area (Å²) in [5, 5.41) is 0.232. The Labute approximate surface area is 130 Å². The summed E-state index contributed by atoms with van der Waals surface area (Å²) in [6.45, 7) is 13.1. The first kappa shape index (κ1) is 17.0. The molecule has 0 aromatic carbocycles. The number of esters is 1. The van der Waals surface area contributed by atoms with E-state index >= 15 is 0 Å². The van der Waals surface area contributed by atoms with Crippen LogP contribution in [0.1, 0.15) is 46.5 Å². The van der Waals surface area contributed by atoms with Crippen LogP contribution in [-0.2, 0) is 14.0 Å². The van der Waals surface area contributed by atoms with Crippen molar-refractivity contribution in [2.75, 3.05) is 20.3 Å². The largest absolute Gasteiger partial charge is 0.468 e. The number of nitrogens with zero attached hydrogens (tertiary/aromatic N) is 1. The summed E-state index contributed by atoms with van der Waals surface area (Å²) >= 11 is 0. The van der Waals surface area contributed by atoms with Gasteiger partial charge in [-0.05, 0) is 50.4 Å². The lowest BCUT2D eigenvalue weighted by molar-refractivity contribution is -0.152. The van der Waals surface area contributed by atoms with Gasteiger partial charge in [0.2, 0.25) is 0 Å². The zero-order valence-electron chi connectivity index (χ0n) is 14.5. The molecule has 0 radical (unpaired) electrons. The SMILES string of the molecule is COC(=O)C12CCCN1C(CO[Si](C)(C)C(C)(C)C)CC2. The van der Waals surface area contributed by atoms with Crippen LogP contribution in [-0.4, -0.2) is 51.0 Å². The van der Waals surface area contributed by atoms with E-state index in [-0.39, 0.29) is 16.5 Å². The number of fused-ring (bicyclic) bond motifs is 1. The second-order valence-electron chi connectivity index (χ2n) is 8.08. The fourth-order valence-corrected chi connectivity index (χ4v) is 4.51. The van der Waals surface area contributed by atoms with Crippen molar-refractivity contribution in [1.29, 1.82) is 0 Å². The summed E-state index contributed by atoms with van der Waals surface area (Å²) < 4.78 is 11.5. The Balaban J connectivity index is 2.03. The fourth-order valence-electron chi connectivity index (χ4n) is 3.47. The van der Waals surface area contributed by atoms with Gasteiger partial charge in [0.15, 0.2) is 8.32 Å². The van der Waals surface area contributed by atoms with Crippen molar-refractivity contribution in [3.05, 3.63) is 0 Å². The molecule has 2 unspecified atom stereocenters. The molecule has 21 heavy (non-hydrogen) atoms. The third-order valence-corrected chi connectivity index (χ3v) is 10.4. The molecule has 4 nitrogen and oxygen atoms in total. The fraction of sp³-hybridized carbons (Fsp3) is 0.938. The molecule has 2 rings (SSSR count). The van der Waals surface area contributed by atoms with E-state index in [1.807, 2.05) is 0 Å². The highest BCUT2D eigenvalue weighted by Gasteiger charge is 2.55. The molecular formula is C16H31NO3Si. The van der Waals surface area contributed by atoms with Crippen molar-refractivity contribution >= 4 is 14.3 Å². The van der Waals surface area contributed by atoms with Gasteiger partial charge in [-0.1, -0.05) is 20.8 Å². The molecule has 2 atom stereocenters. The number of hydrogen-bond donors (Lipinski definition) is 0. The summed E-state index contributed by atoms with van der Waals surface area (Å²) in [4.78, 5) is 14.6. The number of ether oxygens (including phenoxy) is 1. The molecule has 0 aliphatic carbocycles. The van der Waals surface area contributed by atoms with E-state index in [0.717, 1.165) is 38.8 Å². The lowest BCUT2D eigenvalue weighted by Crippen LogP contribution is -2.51. The number of carbonyl (C=O) groups excluding carboxylic acids is 1. The number of rotatable bonds is 4. The molecule has 0 spiro atoms. The molecule has 122 valence electrons. The minimum atomic E-state index is -1.72. The first-order chi connectivity index (χ1) is 9.64. The summed E-state index contributed by atoms with van der Waals surface area (Å²) in [5.41, 5.74) is -0.351. The molecule has 2 aliphatic rings. The van der Waals surface area contributed by atoms with Crippen molar-refractivity contribution < 1.29 is 14.0 Å². The third-order valence-electron chi connectivity index (χ3n) is 5.88. The van der Waals surface area contributed by atoms with Crippen molar-refractivity contribution in [3.8, 4) is 0 Å². The first-order valence-corrected chi connectivity index (χ1v) is 11.0. The van der Waals surface area contributed by atoms with Crippen LogP contribution in [0.25, 0.3) is 0 Å². The molecule has 2 saturated heterocycles. The van der Waals surface area contributed by atoms with E-state index in [1.165, 1.54) is 7.11 Å². The van der Waals surface area contributed by atoms with Gasteiger partial charge in [-0.3, -0.25) is 9.69 Å². The molecule has 0 aromatic heterocycles. The number of carbonyl (C=O) groups is 1. The van der Waals surface area contributed by atoms with E-state index in [9.17, 15) is 4.79 Å². The van der Waals surface area contributed by atoms with E-state index in [0.29, 0.717) is 6.04 Å². The highest BCUT2D eigenvalue weighted by molar-refractivity contribution is 6.74. The maximum Gasteiger partial charge on any atom is 0.326 e. The lowest BCUT2D eigenvalue weighted by atomic mass is 9.94. The Morgan fingerprint density at radius 2 is 2.00 bits per heavy atom. The quantitative estimate of drug-likeness (QED) is 0.590. The number of hydrogen-bond acceptors (Lipinski definition) is 4. The van der Waals surface area contributed by atoms with Crippen LogP contribution >= 0.6 is 0 Å². The Morgan fingerprint density at radius 3 is 2.57 bits per heavy atom. The maximum atomic E-state index is 12.2. The first-order valence-electron chi connectivity index (χ1n) is 8.13.